The zero-order valence-electron chi connectivity index (χ0n) is 18.7. The van der Waals surface area contributed by atoms with Crippen molar-refractivity contribution in [3.8, 4) is 23.0 Å². The van der Waals surface area contributed by atoms with E-state index in [1.54, 1.807) is 24.3 Å². The van der Waals surface area contributed by atoms with Gasteiger partial charge in [-0.2, -0.15) is 14.9 Å². The molecule has 0 saturated carbocycles. The molecule has 14 nitrogen and oxygen atoms in total. The molecule has 36 heavy (non-hydrogen) atoms. The molecule has 5 rings (SSSR count). The maximum absolute atomic E-state index is 12.4. The lowest BCUT2D eigenvalue weighted by atomic mass is 10.1. The van der Waals surface area contributed by atoms with Gasteiger partial charge in [-0.3, -0.25) is 25.5 Å². The summed E-state index contributed by atoms with van der Waals surface area (Å²) in [7, 11) is 0. The second-order valence-electron chi connectivity index (χ2n) is 7.55. The lowest BCUT2D eigenvalue weighted by Crippen LogP contribution is -2.41. The van der Waals surface area contributed by atoms with E-state index in [4.69, 9.17) is 4.52 Å². The van der Waals surface area contributed by atoms with Crippen molar-refractivity contribution in [2.24, 2.45) is 0 Å². The number of carbonyl (C=O) groups is 2. The van der Waals surface area contributed by atoms with Crippen LogP contribution in [0.25, 0.3) is 23.0 Å². The number of aromatic amines is 1. The van der Waals surface area contributed by atoms with Crippen molar-refractivity contribution in [3.05, 3.63) is 77.9 Å². The van der Waals surface area contributed by atoms with Gasteiger partial charge in [0.05, 0.1) is 6.54 Å². The highest BCUT2D eigenvalue weighted by molar-refractivity contribution is 5.95. The molecule has 0 aliphatic carbocycles. The number of nitrogens with one attached hydrogen (secondary N) is 3. The second kappa shape index (κ2) is 10.3. The lowest BCUT2D eigenvalue weighted by molar-refractivity contribution is -0.121. The Bertz CT molecular complexity index is 1440. The average molecular weight is 485 g/mol. The van der Waals surface area contributed by atoms with Gasteiger partial charge in [-0.05, 0) is 22.9 Å². The monoisotopic (exact) mass is 485 g/mol. The van der Waals surface area contributed by atoms with Crippen LogP contribution in [0.1, 0.15) is 28.2 Å². The predicted molar refractivity (Wildman–Crippen MR) is 122 cm³/mol. The second-order valence-corrected chi connectivity index (χ2v) is 7.55. The number of hydrazine groups is 1. The van der Waals surface area contributed by atoms with E-state index < -0.39 is 11.8 Å². The van der Waals surface area contributed by atoms with E-state index in [-0.39, 0.29) is 24.6 Å². The number of aryl methyl sites for hydroxylation is 1. The summed E-state index contributed by atoms with van der Waals surface area (Å²) in [5.74, 6) is 0.544. The number of benzene rings is 2. The molecule has 2 aromatic carbocycles. The molecule has 0 spiro atoms. The summed E-state index contributed by atoms with van der Waals surface area (Å²) >= 11 is 0. The molecule has 3 heterocycles. The number of carbonyl (C=O) groups excluding carboxylic acids is 2. The first-order chi connectivity index (χ1) is 17.6. The summed E-state index contributed by atoms with van der Waals surface area (Å²) in [5, 5.41) is 22.6. The normalized spacial score (nSPS) is 10.8. The maximum Gasteiger partial charge on any atom is 0.269 e. The first-order valence-corrected chi connectivity index (χ1v) is 10.8. The van der Waals surface area contributed by atoms with Crippen LogP contribution in [0, 0.1) is 0 Å². The van der Waals surface area contributed by atoms with E-state index in [2.05, 4.69) is 51.6 Å². The summed E-state index contributed by atoms with van der Waals surface area (Å²) in [5.41, 5.74) is 6.90. The summed E-state index contributed by atoms with van der Waals surface area (Å²) in [6, 6.07) is 16.4. The summed E-state index contributed by atoms with van der Waals surface area (Å²) in [4.78, 5) is 34.0. The molecule has 2 amide bonds. The highest BCUT2D eigenvalue weighted by Gasteiger charge is 2.13. The number of hydrogen-bond donors (Lipinski definition) is 3. The van der Waals surface area contributed by atoms with Crippen LogP contribution in [-0.4, -0.2) is 57.3 Å². The molecule has 14 heteroatoms. The van der Waals surface area contributed by atoms with E-state index >= 15 is 0 Å². The van der Waals surface area contributed by atoms with Gasteiger partial charge in [0.2, 0.25) is 23.4 Å². The van der Waals surface area contributed by atoms with Crippen molar-refractivity contribution in [1.29, 1.82) is 0 Å². The van der Waals surface area contributed by atoms with Crippen LogP contribution in [0.5, 0.6) is 0 Å². The minimum absolute atomic E-state index is 0.0349. The Morgan fingerprint density at radius 3 is 2.61 bits per heavy atom. The number of H-pyrrole nitrogens is 1. The molecule has 0 atom stereocenters. The maximum atomic E-state index is 12.4. The zero-order chi connectivity index (χ0) is 24.7. The lowest BCUT2D eigenvalue weighted by Gasteiger charge is -2.07. The highest BCUT2D eigenvalue weighted by Crippen LogP contribution is 2.13. The largest absolute Gasteiger partial charge is 0.339 e. The van der Waals surface area contributed by atoms with Crippen LogP contribution in [0.2, 0.25) is 0 Å². The minimum atomic E-state index is -0.453. The molecule has 3 aromatic heterocycles. The van der Waals surface area contributed by atoms with Crippen molar-refractivity contribution in [2.75, 3.05) is 0 Å². The van der Waals surface area contributed by atoms with Crippen LogP contribution in [0.3, 0.4) is 0 Å². The van der Waals surface area contributed by atoms with E-state index in [0.29, 0.717) is 23.8 Å². The Kier molecular flexibility index (Phi) is 6.46. The Balaban J connectivity index is 1.08. The minimum Gasteiger partial charge on any atom is -0.339 e. The zero-order valence-corrected chi connectivity index (χ0v) is 18.7. The van der Waals surface area contributed by atoms with Gasteiger partial charge in [0.25, 0.3) is 5.91 Å². The Hall–Kier alpha value is -5.27. The van der Waals surface area contributed by atoms with Crippen molar-refractivity contribution in [2.45, 2.75) is 19.4 Å². The van der Waals surface area contributed by atoms with Gasteiger partial charge in [0, 0.05) is 24.0 Å². The molecule has 3 N–H and O–H groups in total. The van der Waals surface area contributed by atoms with Crippen molar-refractivity contribution in [1.82, 2.24) is 56.4 Å². The van der Waals surface area contributed by atoms with Gasteiger partial charge in [0.15, 0.2) is 5.82 Å². The van der Waals surface area contributed by atoms with Crippen molar-refractivity contribution < 1.29 is 14.1 Å². The van der Waals surface area contributed by atoms with Gasteiger partial charge in [0.1, 0.15) is 6.33 Å². The van der Waals surface area contributed by atoms with E-state index in [1.807, 2.05) is 30.3 Å². The van der Waals surface area contributed by atoms with Gasteiger partial charge in [-0.25, -0.2) is 4.98 Å². The Morgan fingerprint density at radius 1 is 1.00 bits per heavy atom. The highest BCUT2D eigenvalue weighted by atomic mass is 16.5. The third-order valence-corrected chi connectivity index (χ3v) is 5.00. The van der Waals surface area contributed by atoms with Gasteiger partial charge in [-0.1, -0.05) is 47.6 Å². The average Bonchev–Trinajstić information content (AvgIpc) is 3.69. The Labute approximate surface area is 203 Å². The number of amides is 2. The molecule has 0 fully saturated rings. The molecule has 0 unspecified atom stereocenters. The number of hydrogen-bond acceptors (Lipinski definition) is 10. The smallest absolute Gasteiger partial charge is 0.269 e. The van der Waals surface area contributed by atoms with Crippen LogP contribution >= 0.6 is 0 Å². The molecule has 0 bridgehead atoms. The SMILES string of the molecule is O=C(CCc1nc(-c2ncn[nH]2)no1)NNC(=O)c1ccc(Cn2nnc(-c3ccccc3)n2)cc1. The quantitative estimate of drug-likeness (QED) is 0.268. The summed E-state index contributed by atoms with van der Waals surface area (Å²) in [6.45, 7) is 0.395. The first kappa shape index (κ1) is 22.5. The van der Waals surface area contributed by atoms with Crippen molar-refractivity contribution in [3.63, 3.8) is 0 Å². The van der Waals surface area contributed by atoms with Crippen LogP contribution in [0.4, 0.5) is 0 Å². The molecular weight excluding hydrogens is 466 g/mol. The molecule has 5 aromatic rings. The standard InChI is InChI=1S/C22H19N11O3/c34-17(10-11-18-25-21(31-36-18)20-23-13-24-27-20)26-29-22(35)16-8-6-14(7-9-16)12-33-30-19(28-32-33)15-4-2-1-3-5-15/h1-9,13H,10-12H2,(H,26,34)(H,29,35)(H,23,24,27). The third-order valence-electron chi connectivity index (χ3n) is 5.00. The summed E-state index contributed by atoms with van der Waals surface area (Å²) in [6.07, 6.45) is 1.55. The van der Waals surface area contributed by atoms with E-state index in [0.717, 1.165) is 11.1 Å². The fourth-order valence-electron chi connectivity index (χ4n) is 3.19. The molecule has 0 saturated heterocycles. The molecule has 0 aliphatic heterocycles. The fourth-order valence-corrected chi connectivity index (χ4v) is 3.19. The van der Waals surface area contributed by atoms with Crippen LogP contribution < -0.4 is 10.9 Å². The molecular formula is C22H19N11O3. The van der Waals surface area contributed by atoms with E-state index in [9.17, 15) is 9.59 Å². The molecule has 0 aliphatic rings. The third kappa shape index (κ3) is 5.44. The first-order valence-electron chi connectivity index (χ1n) is 10.8. The van der Waals surface area contributed by atoms with Gasteiger partial charge < -0.3 is 4.52 Å². The fraction of sp³-hybridized carbons (Fsp3) is 0.136. The van der Waals surface area contributed by atoms with Crippen LogP contribution in [0.15, 0.2) is 65.4 Å². The van der Waals surface area contributed by atoms with Crippen LogP contribution in [-0.2, 0) is 17.8 Å². The number of rotatable bonds is 8. The van der Waals surface area contributed by atoms with Crippen molar-refractivity contribution >= 4 is 11.8 Å². The van der Waals surface area contributed by atoms with Gasteiger partial charge >= 0.3 is 0 Å². The molecule has 180 valence electrons. The predicted octanol–water partition coefficient (Wildman–Crippen LogP) is 0.950. The van der Waals surface area contributed by atoms with Gasteiger partial charge in [-0.15, -0.1) is 10.2 Å². The molecule has 0 radical (unpaired) electrons. The van der Waals surface area contributed by atoms with E-state index in [1.165, 1.54) is 11.1 Å². The number of nitrogens with zero attached hydrogens (tertiary/aromatic N) is 8. The summed E-state index contributed by atoms with van der Waals surface area (Å²) < 4.78 is 5.08. The topological polar surface area (TPSA) is 182 Å². The Morgan fingerprint density at radius 2 is 1.83 bits per heavy atom. The number of aromatic nitrogens is 9. The number of tetrazole rings is 1.